The molecule has 2 aliphatic rings. The second-order valence-electron chi connectivity index (χ2n) is 6.25. The summed E-state index contributed by atoms with van der Waals surface area (Å²) in [4.78, 5) is 12.5. The summed E-state index contributed by atoms with van der Waals surface area (Å²) in [6, 6.07) is 5.53. The zero-order chi connectivity index (χ0) is 15.0. The molecule has 0 aromatic heterocycles. The highest BCUT2D eigenvalue weighted by Crippen LogP contribution is 2.48. The van der Waals surface area contributed by atoms with Crippen LogP contribution in [0.5, 0.6) is 0 Å². The van der Waals surface area contributed by atoms with Gasteiger partial charge in [0.2, 0.25) is 5.91 Å². The van der Waals surface area contributed by atoms with Gasteiger partial charge in [-0.05, 0) is 49.7 Å². The van der Waals surface area contributed by atoms with Gasteiger partial charge in [-0.25, -0.2) is 0 Å². The van der Waals surface area contributed by atoms with Crippen LogP contribution in [0.1, 0.15) is 36.8 Å². The molecule has 0 heterocycles. The number of nitrogens with one attached hydrogen (secondary N) is 1. The van der Waals surface area contributed by atoms with Gasteiger partial charge in [0, 0.05) is 11.5 Å². The average Bonchev–Trinajstić information content (AvgIpc) is 3.09. The number of benzene rings is 1. The van der Waals surface area contributed by atoms with Crippen LogP contribution < -0.4 is 11.1 Å². The molecule has 21 heavy (non-hydrogen) atoms. The minimum Gasteiger partial charge on any atom is -0.409 e. The number of anilines is 1. The Balaban J connectivity index is 1.82. The molecular formula is C16H21N3O2. The highest BCUT2D eigenvalue weighted by Gasteiger charge is 2.43. The Bertz CT molecular complexity index is 597. The molecule has 112 valence electrons. The van der Waals surface area contributed by atoms with Crippen molar-refractivity contribution in [3.05, 3.63) is 29.3 Å². The minimum atomic E-state index is 0.0244. The molecule has 0 spiro atoms. The molecule has 4 N–H and O–H groups in total. The van der Waals surface area contributed by atoms with E-state index in [-0.39, 0.29) is 17.7 Å². The first kappa shape index (κ1) is 13.9. The van der Waals surface area contributed by atoms with Crippen LogP contribution >= 0.6 is 0 Å². The van der Waals surface area contributed by atoms with E-state index in [1.807, 2.05) is 19.1 Å². The van der Waals surface area contributed by atoms with Crippen LogP contribution in [-0.2, 0) is 4.79 Å². The van der Waals surface area contributed by atoms with Gasteiger partial charge in [0.1, 0.15) is 0 Å². The molecule has 0 saturated heterocycles. The monoisotopic (exact) mass is 287 g/mol. The van der Waals surface area contributed by atoms with E-state index in [0.717, 1.165) is 17.9 Å². The number of hydrogen-bond acceptors (Lipinski definition) is 3. The van der Waals surface area contributed by atoms with Gasteiger partial charge in [-0.3, -0.25) is 4.79 Å². The third kappa shape index (κ3) is 2.48. The molecule has 5 nitrogen and oxygen atoms in total. The Morgan fingerprint density at radius 2 is 2.19 bits per heavy atom. The predicted octanol–water partition coefficient (Wildman–Crippen LogP) is 2.46. The molecule has 1 aromatic carbocycles. The van der Waals surface area contributed by atoms with Crippen molar-refractivity contribution < 1.29 is 10.0 Å². The molecule has 3 unspecified atom stereocenters. The highest BCUT2D eigenvalue weighted by atomic mass is 16.4. The number of oxime groups is 1. The van der Waals surface area contributed by atoms with E-state index >= 15 is 0 Å². The molecule has 0 aliphatic heterocycles. The molecule has 0 radical (unpaired) electrons. The van der Waals surface area contributed by atoms with Crippen LogP contribution in [0.4, 0.5) is 5.69 Å². The molecule has 2 aliphatic carbocycles. The number of rotatable bonds is 3. The van der Waals surface area contributed by atoms with Gasteiger partial charge < -0.3 is 16.3 Å². The summed E-state index contributed by atoms with van der Waals surface area (Å²) in [5.74, 6) is 1.47. The smallest absolute Gasteiger partial charge is 0.227 e. The molecule has 3 rings (SSSR count). The summed E-state index contributed by atoms with van der Waals surface area (Å²) in [5.41, 5.74) is 7.82. The number of amidine groups is 1. The van der Waals surface area contributed by atoms with E-state index in [0.29, 0.717) is 17.2 Å². The molecule has 2 bridgehead atoms. The average molecular weight is 287 g/mol. The van der Waals surface area contributed by atoms with Crippen molar-refractivity contribution in [2.24, 2.45) is 28.6 Å². The van der Waals surface area contributed by atoms with Crippen molar-refractivity contribution in [3.63, 3.8) is 0 Å². The van der Waals surface area contributed by atoms with E-state index in [9.17, 15) is 4.79 Å². The third-order valence-electron chi connectivity index (χ3n) is 4.97. The Hall–Kier alpha value is -2.04. The maximum absolute atomic E-state index is 12.5. The van der Waals surface area contributed by atoms with E-state index in [1.165, 1.54) is 19.3 Å². The molecule has 1 amide bonds. The maximum Gasteiger partial charge on any atom is 0.227 e. The van der Waals surface area contributed by atoms with Gasteiger partial charge in [-0.15, -0.1) is 0 Å². The second kappa shape index (κ2) is 5.39. The number of aryl methyl sites for hydroxylation is 1. The fourth-order valence-corrected chi connectivity index (χ4v) is 3.95. The van der Waals surface area contributed by atoms with Gasteiger partial charge in [-0.2, -0.15) is 0 Å². The van der Waals surface area contributed by atoms with Crippen LogP contribution in [0.15, 0.2) is 23.4 Å². The van der Waals surface area contributed by atoms with Crippen molar-refractivity contribution in [1.29, 1.82) is 0 Å². The Labute approximate surface area is 124 Å². The summed E-state index contributed by atoms with van der Waals surface area (Å²) in [6.45, 7) is 1.88. The highest BCUT2D eigenvalue weighted by molar-refractivity contribution is 6.06. The topological polar surface area (TPSA) is 87.7 Å². The number of fused-ring (bicyclic) bond motifs is 2. The van der Waals surface area contributed by atoms with Gasteiger partial charge in [0.15, 0.2) is 5.84 Å². The van der Waals surface area contributed by atoms with Crippen LogP contribution in [0.3, 0.4) is 0 Å². The number of amides is 1. The van der Waals surface area contributed by atoms with E-state index in [4.69, 9.17) is 10.9 Å². The largest absolute Gasteiger partial charge is 0.409 e. The Morgan fingerprint density at radius 3 is 2.81 bits per heavy atom. The van der Waals surface area contributed by atoms with Crippen molar-refractivity contribution in [3.8, 4) is 0 Å². The number of hydrogen-bond donors (Lipinski definition) is 3. The fraction of sp³-hybridized carbons (Fsp3) is 0.500. The normalized spacial score (nSPS) is 27.9. The lowest BCUT2D eigenvalue weighted by Crippen LogP contribution is -2.28. The van der Waals surface area contributed by atoms with Gasteiger partial charge >= 0.3 is 0 Å². The lowest BCUT2D eigenvalue weighted by atomic mass is 9.88. The van der Waals surface area contributed by atoms with E-state index < -0.39 is 0 Å². The van der Waals surface area contributed by atoms with Crippen LogP contribution in [0.25, 0.3) is 0 Å². The Morgan fingerprint density at radius 1 is 1.38 bits per heavy atom. The summed E-state index contributed by atoms with van der Waals surface area (Å²) < 4.78 is 0. The van der Waals surface area contributed by atoms with Crippen LogP contribution in [0, 0.1) is 24.7 Å². The van der Waals surface area contributed by atoms with Crippen molar-refractivity contribution in [2.75, 3.05) is 5.32 Å². The summed E-state index contributed by atoms with van der Waals surface area (Å²) >= 11 is 0. The van der Waals surface area contributed by atoms with Gasteiger partial charge in [0.25, 0.3) is 0 Å². The number of nitrogens with zero attached hydrogens (tertiary/aromatic N) is 1. The molecule has 3 atom stereocenters. The lowest BCUT2D eigenvalue weighted by Gasteiger charge is -2.22. The minimum absolute atomic E-state index is 0.0244. The van der Waals surface area contributed by atoms with E-state index in [2.05, 4.69) is 10.5 Å². The maximum atomic E-state index is 12.5. The Kier molecular flexibility index (Phi) is 3.57. The quantitative estimate of drug-likeness (QED) is 0.345. The zero-order valence-electron chi connectivity index (χ0n) is 12.2. The fourth-order valence-electron chi connectivity index (χ4n) is 3.95. The standard InChI is InChI=1S/C16H21N3O2/c1-9-3-2-4-13(14(9)15(17)19-21)18-16(20)12-8-10-5-6-11(12)7-10/h2-4,10-12,21H,5-8H2,1H3,(H2,17,19)(H,18,20). The third-order valence-corrected chi connectivity index (χ3v) is 4.97. The first-order valence-electron chi connectivity index (χ1n) is 7.48. The first-order chi connectivity index (χ1) is 10.1. The summed E-state index contributed by atoms with van der Waals surface area (Å²) in [6.07, 6.45) is 4.64. The van der Waals surface area contributed by atoms with Crippen LogP contribution in [0.2, 0.25) is 0 Å². The summed E-state index contributed by atoms with van der Waals surface area (Å²) in [5, 5.41) is 15.0. The van der Waals surface area contributed by atoms with Crippen molar-refractivity contribution in [1.82, 2.24) is 0 Å². The lowest BCUT2D eigenvalue weighted by molar-refractivity contribution is -0.121. The predicted molar refractivity (Wildman–Crippen MR) is 81.3 cm³/mol. The SMILES string of the molecule is Cc1cccc(NC(=O)C2CC3CCC2C3)c1/C(N)=N/O. The molecule has 1 aromatic rings. The van der Waals surface area contributed by atoms with Crippen LogP contribution in [-0.4, -0.2) is 17.0 Å². The first-order valence-corrected chi connectivity index (χ1v) is 7.48. The number of nitrogens with two attached hydrogens (primary N) is 1. The summed E-state index contributed by atoms with van der Waals surface area (Å²) in [7, 11) is 0. The van der Waals surface area contributed by atoms with E-state index in [1.54, 1.807) is 6.07 Å². The number of carbonyl (C=O) groups excluding carboxylic acids is 1. The van der Waals surface area contributed by atoms with Gasteiger partial charge in [-0.1, -0.05) is 23.7 Å². The van der Waals surface area contributed by atoms with Crippen molar-refractivity contribution >= 4 is 17.4 Å². The molecule has 2 saturated carbocycles. The zero-order valence-corrected chi connectivity index (χ0v) is 12.2. The number of carbonyl (C=O) groups is 1. The van der Waals surface area contributed by atoms with Crippen molar-refractivity contribution in [2.45, 2.75) is 32.6 Å². The molecular weight excluding hydrogens is 266 g/mol. The molecule has 5 heteroatoms. The second-order valence-corrected chi connectivity index (χ2v) is 6.25. The van der Waals surface area contributed by atoms with Gasteiger partial charge in [0.05, 0.1) is 5.69 Å². The molecule has 2 fully saturated rings.